The molecule has 1 aliphatic rings. The maximum absolute atomic E-state index is 13.3. The van der Waals surface area contributed by atoms with Crippen LogP contribution in [0.3, 0.4) is 0 Å². The van der Waals surface area contributed by atoms with Crippen LogP contribution in [0.15, 0.2) is 36.4 Å². The Labute approximate surface area is 188 Å². The lowest BCUT2D eigenvalue weighted by Crippen LogP contribution is -2.43. The highest BCUT2D eigenvalue weighted by Crippen LogP contribution is 2.28. The van der Waals surface area contributed by atoms with Gasteiger partial charge in [-0.05, 0) is 55.2 Å². The first-order chi connectivity index (χ1) is 15.3. The average molecular weight is 469 g/mol. The maximum Gasteiger partial charge on any atom is 0.261 e. The van der Waals surface area contributed by atoms with Crippen LogP contribution in [0.2, 0.25) is 5.02 Å². The molecule has 0 radical (unpaired) electrons. The third-order valence-corrected chi connectivity index (χ3v) is 5.14. The summed E-state index contributed by atoms with van der Waals surface area (Å²) in [5.41, 5.74) is 0.718. The van der Waals surface area contributed by atoms with Crippen molar-refractivity contribution in [1.29, 1.82) is 0 Å². The monoisotopic (exact) mass is 468 g/mol. The van der Waals surface area contributed by atoms with E-state index in [4.69, 9.17) is 21.1 Å². The number of aryl methyl sites for hydroxylation is 1. The fourth-order valence-electron chi connectivity index (χ4n) is 3.12. The molecule has 2 amide bonds. The first-order valence-electron chi connectivity index (χ1n) is 10.1. The normalized spacial score (nSPS) is 15.8. The van der Waals surface area contributed by atoms with E-state index >= 15 is 0 Å². The van der Waals surface area contributed by atoms with E-state index in [9.17, 15) is 23.5 Å². The summed E-state index contributed by atoms with van der Waals surface area (Å²) in [7, 11) is 0. The minimum Gasteiger partial charge on any atom is -0.484 e. The second-order valence-electron chi connectivity index (χ2n) is 7.30. The van der Waals surface area contributed by atoms with E-state index in [0.29, 0.717) is 18.6 Å². The lowest BCUT2D eigenvalue weighted by Gasteiger charge is -2.25. The molecule has 3 N–H and O–H groups in total. The van der Waals surface area contributed by atoms with Gasteiger partial charge in [0.15, 0.2) is 12.7 Å². The van der Waals surface area contributed by atoms with Gasteiger partial charge in [0.05, 0.1) is 11.1 Å². The Morgan fingerprint density at radius 2 is 2.03 bits per heavy atom. The standard InChI is InChI=1S/C22H23ClF2N2O5/c23-17-4-3-16(10-18(17)25)31-12-21(29)26-8-7-15(28)11-27-22(30)20-5-1-13-9-14(24)2-6-19(13)32-20/h2-4,6,9-10,15,20,28H,1,5,7-8,11-12H2,(H,26,29)(H,27,30)/t15-,20-/m0/s1. The number of hydrogen-bond acceptors (Lipinski definition) is 5. The van der Waals surface area contributed by atoms with Crippen molar-refractivity contribution in [2.24, 2.45) is 0 Å². The molecule has 2 aromatic carbocycles. The van der Waals surface area contributed by atoms with Gasteiger partial charge in [0, 0.05) is 19.2 Å². The van der Waals surface area contributed by atoms with E-state index < -0.39 is 23.9 Å². The Bertz CT molecular complexity index is 975. The molecular formula is C22H23ClF2N2O5. The minimum absolute atomic E-state index is 0.00854. The van der Waals surface area contributed by atoms with Gasteiger partial charge in [-0.3, -0.25) is 9.59 Å². The Kier molecular flexibility index (Phi) is 8.24. The van der Waals surface area contributed by atoms with Crippen LogP contribution in [0, 0.1) is 11.6 Å². The van der Waals surface area contributed by atoms with Gasteiger partial charge in [-0.1, -0.05) is 11.6 Å². The topological polar surface area (TPSA) is 96.9 Å². The van der Waals surface area contributed by atoms with E-state index in [0.717, 1.165) is 11.6 Å². The summed E-state index contributed by atoms with van der Waals surface area (Å²) in [6.07, 6.45) is -0.462. The number of hydrogen-bond donors (Lipinski definition) is 3. The molecule has 0 aliphatic carbocycles. The lowest BCUT2D eigenvalue weighted by atomic mass is 10.0. The SMILES string of the molecule is O=C(COc1ccc(Cl)c(F)c1)NCC[C@H](O)CNC(=O)[C@@H]1CCc2cc(F)ccc2O1. The predicted molar refractivity (Wildman–Crippen MR) is 113 cm³/mol. The van der Waals surface area contributed by atoms with Crippen molar-refractivity contribution in [3.8, 4) is 11.5 Å². The van der Waals surface area contributed by atoms with Crippen LogP contribution in [-0.4, -0.2) is 48.8 Å². The van der Waals surface area contributed by atoms with Crippen molar-refractivity contribution in [2.75, 3.05) is 19.7 Å². The van der Waals surface area contributed by atoms with Crippen LogP contribution in [0.4, 0.5) is 8.78 Å². The van der Waals surface area contributed by atoms with Crippen molar-refractivity contribution in [2.45, 2.75) is 31.5 Å². The molecular weight excluding hydrogens is 446 g/mol. The molecule has 0 bridgehead atoms. The molecule has 1 heterocycles. The third-order valence-electron chi connectivity index (χ3n) is 4.83. The van der Waals surface area contributed by atoms with Crippen LogP contribution in [0.1, 0.15) is 18.4 Å². The lowest BCUT2D eigenvalue weighted by molar-refractivity contribution is -0.129. The van der Waals surface area contributed by atoms with Crippen LogP contribution < -0.4 is 20.1 Å². The molecule has 10 heteroatoms. The molecule has 2 atom stereocenters. The molecule has 0 spiro atoms. The molecule has 0 fully saturated rings. The van der Waals surface area contributed by atoms with Crippen LogP contribution in [-0.2, 0) is 16.0 Å². The van der Waals surface area contributed by atoms with E-state index in [1.807, 2.05) is 0 Å². The third kappa shape index (κ3) is 6.80. The number of aliphatic hydroxyl groups excluding tert-OH is 1. The largest absolute Gasteiger partial charge is 0.484 e. The molecule has 0 saturated carbocycles. The van der Waals surface area contributed by atoms with E-state index in [1.54, 1.807) is 0 Å². The fourth-order valence-corrected chi connectivity index (χ4v) is 3.24. The van der Waals surface area contributed by atoms with Crippen molar-refractivity contribution < 1.29 is 33.0 Å². The van der Waals surface area contributed by atoms with E-state index in [1.165, 1.54) is 30.3 Å². The molecule has 2 aromatic rings. The number of carbonyl (C=O) groups excluding carboxylic acids is 2. The number of amides is 2. The first-order valence-corrected chi connectivity index (χ1v) is 10.4. The molecule has 32 heavy (non-hydrogen) atoms. The van der Waals surface area contributed by atoms with Crippen molar-refractivity contribution >= 4 is 23.4 Å². The number of benzene rings is 2. The maximum atomic E-state index is 13.3. The number of nitrogens with one attached hydrogen (secondary N) is 2. The van der Waals surface area contributed by atoms with Crippen LogP contribution in [0.5, 0.6) is 11.5 Å². The van der Waals surface area contributed by atoms with Gasteiger partial charge in [-0.25, -0.2) is 8.78 Å². The number of carbonyl (C=O) groups is 2. The molecule has 7 nitrogen and oxygen atoms in total. The van der Waals surface area contributed by atoms with Gasteiger partial charge in [0.25, 0.3) is 11.8 Å². The zero-order valence-electron chi connectivity index (χ0n) is 17.1. The zero-order chi connectivity index (χ0) is 23.1. The molecule has 0 aromatic heterocycles. The van der Waals surface area contributed by atoms with Crippen molar-refractivity contribution in [1.82, 2.24) is 10.6 Å². The number of rotatable bonds is 9. The molecule has 172 valence electrons. The summed E-state index contributed by atoms with van der Waals surface area (Å²) in [4.78, 5) is 24.1. The van der Waals surface area contributed by atoms with Gasteiger partial charge >= 0.3 is 0 Å². The van der Waals surface area contributed by atoms with Crippen LogP contribution >= 0.6 is 11.6 Å². The number of ether oxygens (including phenoxy) is 2. The van der Waals surface area contributed by atoms with E-state index in [-0.39, 0.29) is 48.6 Å². The molecule has 0 unspecified atom stereocenters. The zero-order valence-corrected chi connectivity index (χ0v) is 17.8. The number of halogens is 3. The molecule has 1 aliphatic heterocycles. The number of aliphatic hydroxyl groups is 1. The summed E-state index contributed by atoms with van der Waals surface area (Å²) in [6, 6.07) is 8.00. The van der Waals surface area contributed by atoms with E-state index in [2.05, 4.69) is 10.6 Å². The minimum atomic E-state index is -0.879. The smallest absolute Gasteiger partial charge is 0.261 e. The quantitative estimate of drug-likeness (QED) is 0.525. The Hall–Kier alpha value is -2.91. The Morgan fingerprint density at radius 1 is 1.22 bits per heavy atom. The molecule has 0 saturated heterocycles. The second kappa shape index (κ2) is 11.1. The Morgan fingerprint density at radius 3 is 2.81 bits per heavy atom. The summed E-state index contributed by atoms with van der Waals surface area (Å²) < 4.78 is 37.4. The number of fused-ring (bicyclic) bond motifs is 1. The summed E-state index contributed by atoms with van der Waals surface area (Å²) in [5, 5.41) is 15.2. The van der Waals surface area contributed by atoms with Gasteiger partial charge in [-0.2, -0.15) is 0 Å². The summed E-state index contributed by atoms with van der Waals surface area (Å²) >= 11 is 5.58. The predicted octanol–water partition coefficient (Wildman–Crippen LogP) is 2.37. The Balaban J connectivity index is 1.31. The highest BCUT2D eigenvalue weighted by molar-refractivity contribution is 6.30. The van der Waals surface area contributed by atoms with Crippen LogP contribution in [0.25, 0.3) is 0 Å². The summed E-state index contributed by atoms with van der Waals surface area (Å²) in [5.74, 6) is -1.16. The van der Waals surface area contributed by atoms with Gasteiger partial charge in [-0.15, -0.1) is 0 Å². The average Bonchev–Trinajstić information content (AvgIpc) is 2.77. The van der Waals surface area contributed by atoms with Gasteiger partial charge < -0.3 is 25.2 Å². The van der Waals surface area contributed by atoms with Crippen molar-refractivity contribution in [3.63, 3.8) is 0 Å². The van der Waals surface area contributed by atoms with Crippen molar-refractivity contribution in [3.05, 3.63) is 58.6 Å². The highest BCUT2D eigenvalue weighted by Gasteiger charge is 2.26. The van der Waals surface area contributed by atoms with Gasteiger partial charge in [0.2, 0.25) is 0 Å². The first kappa shape index (κ1) is 23.7. The summed E-state index contributed by atoms with van der Waals surface area (Å²) in [6.45, 7) is -0.170. The second-order valence-corrected chi connectivity index (χ2v) is 7.71. The highest BCUT2D eigenvalue weighted by atomic mass is 35.5. The van der Waals surface area contributed by atoms with Gasteiger partial charge in [0.1, 0.15) is 23.1 Å². The fraction of sp³-hybridized carbons (Fsp3) is 0.364. The molecule has 3 rings (SSSR count).